The van der Waals surface area contributed by atoms with Crippen LogP contribution in [0.15, 0.2) is 33.6 Å². The molecule has 0 radical (unpaired) electrons. The van der Waals surface area contributed by atoms with Gasteiger partial charge in [0.15, 0.2) is 11.6 Å². The molecule has 1 heterocycles. The minimum Gasteiger partial charge on any atom is -0.494 e. The van der Waals surface area contributed by atoms with Crippen molar-refractivity contribution in [1.82, 2.24) is 0 Å². The molecule has 0 aliphatic rings. The summed E-state index contributed by atoms with van der Waals surface area (Å²) >= 11 is 0. The van der Waals surface area contributed by atoms with Gasteiger partial charge in [0.1, 0.15) is 23.0 Å². The van der Waals surface area contributed by atoms with E-state index in [-0.39, 0.29) is 27.9 Å². The zero-order valence-electron chi connectivity index (χ0n) is 11.4. The van der Waals surface area contributed by atoms with Crippen LogP contribution in [-0.2, 0) is 16.6 Å². The average Bonchev–Trinajstić information content (AvgIpc) is 2.83. The minimum atomic E-state index is -3.90. The molecule has 2 aromatic rings. The maximum absolute atomic E-state index is 13.3. The molecular formula is C13H14FNO5S. The highest BCUT2D eigenvalue weighted by Crippen LogP contribution is 2.26. The zero-order chi connectivity index (χ0) is 15.6. The SMILES string of the molecule is COc1cc(NS(=O)(=O)c2cc(CO)oc2C)ccc1F. The van der Waals surface area contributed by atoms with Gasteiger partial charge in [-0.25, -0.2) is 12.8 Å². The Labute approximate surface area is 121 Å². The molecule has 0 spiro atoms. The summed E-state index contributed by atoms with van der Waals surface area (Å²) in [5.74, 6) is -0.372. The van der Waals surface area contributed by atoms with Crippen molar-refractivity contribution in [2.24, 2.45) is 0 Å². The van der Waals surface area contributed by atoms with Gasteiger partial charge in [0, 0.05) is 12.1 Å². The third kappa shape index (κ3) is 3.17. The molecule has 8 heteroatoms. The number of halogens is 1. The van der Waals surface area contributed by atoms with E-state index in [0.717, 1.165) is 6.07 Å². The van der Waals surface area contributed by atoms with Crippen LogP contribution in [-0.4, -0.2) is 20.6 Å². The number of hydrogen-bond acceptors (Lipinski definition) is 5. The second-order valence-electron chi connectivity index (χ2n) is 4.25. The predicted molar refractivity (Wildman–Crippen MR) is 73.1 cm³/mol. The van der Waals surface area contributed by atoms with Gasteiger partial charge in [-0.1, -0.05) is 0 Å². The van der Waals surface area contributed by atoms with Crippen molar-refractivity contribution in [3.63, 3.8) is 0 Å². The predicted octanol–water partition coefficient (Wildman–Crippen LogP) is 2.03. The molecule has 6 nitrogen and oxygen atoms in total. The highest BCUT2D eigenvalue weighted by Gasteiger charge is 2.22. The average molecular weight is 315 g/mol. The summed E-state index contributed by atoms with van der Waals surface area (Å²) in [5, 5.41) is 8.96. The van der Waals surface area contributed by atoms with Crippen LogP contribution < -0.4 is 9.46 Å². The van der Waals surface area contributed by atoms with Crippen molar-refractivity contribution in [1.29, 1.82) is 0 Å². The zero-order valence-corrected chi connectivity index (χ0v) is 12.2. The number of anilines is 1. The topological polar surface area (TPSA) is 88.8 Å². The van der Waals surface area contributed by atoms with Gasteiger partial charge in [0.2, 0.25) is 0 Å². The smallest absolute Gasteiger partial charge is 0.265 e. The van der Waals surface area contributed by atoms with Crippen LogP contribution in [0.4, 0.5) is 10.1 Å². The fraction of sp³-hybridized carbons (Fsp3) is 0.231. The van der Waals surface area contributed by atoms with Crippen LogP contribution in [0.3, 0.4) is 0 Å². The quantitative estimate of drug-likeness (QED) is 0.881. The maximum Gasteiger partial charge on any atom is 0.265 e. The first-order chi connectivity index (χ1) is 9.87. The lowest BCUT2D eigenvalue weighted by molar-refractivity contribution is 0.245. The number of sulfonamides is 1. The molecular weight excluding hydrogens is 301 g/mol. The molecule has 2 N–H and O–H groups in total. The lowest BCUT2D eigenvalue weighted by Gasteiger charge is -2.09. The summed E-state index contributed by atoms with van der Waals surface area (Å²) in [7, 11) is -2.62. The number of aliphatic hydroxyl groups excluding tert-OH is 1. The van der Waals surface area contributed by atoms with Crippen LogP contribution in [0.2, 0.25) is 0 Å². The molecule has 1 aromatic heterocycles. The normalized spacial score (nSPS) is 11.4. The Balaban J connectivity index is 2.35. The van der Waals surface area contributed by atoms with Gasteiger partial charge >= 0.3 is 0 Å². The van der Waals surface area contributed by atoms with E-state index in [1.54, 1.807) is 0 Å². The van der Waals surface area contributed by atoms with Gasteiger partial charge in [-0.15, -0.1) is 0 Å². The number of benzene rings is 1. The molecule has 0 atom stereocenters. The fourth-order valence-corrected chi connectivity index (χ4v) is 3.06. The van der Waals surface area contributed by atoms with E-state index < -0.39 is 22.4 Å². The van der Waals surface area contributed by atoms with Gasteiger partial charge in [0.05, 0.1) is 12.8 Å². The third-order valence-electron chi connectivity index (χ3n) is 2.77. The lowest BCUT2D eigenvalue weighted by Crippen LogP contribution is -2.13. The standard InChI is InChI=1S/C13H14FNO5S/c1-8-13(6-10(7-16)20-8)21(17,18)15-9-3-4-11(14)12(5-9)19-2/h3-6,15-16H,7H2,1-2H3. The first-order valence-electron chi connectivity index (χ1n) is 5.94. The number of aryl methyl sites for hydroxylation is 1. The highest BCUT2D eigenvalue weighted by molar-refractivity contribution is 7.92. The number of hydrogen-bond donors (Lipinski definition) is 2. The van der Waals surface area contributed by atoms with Crippen LogP contribution in [0, 0.1) is 12.7 Å². The Morgan fingerprint density at radius 2 is 2.10 bits per heavy atom. The van der Waals surface area contributed by atoms with E-state index in [2.05, 4.69) is 4.72 Å². The van der Waals surface area contributed by atoms with Crippen molar-refractivity contribution >= 4 is 15.7 Å². The number of aliphatic hydroxyl groups is 1. The summed E-state index contributed by atoms with van der Waals surface area (Å²) in [6, 6.07) is 4.84. The summed E-state index contributed by atoms with van der Waals surface area (Å²) in [5.41, 5.74) is 0.152. The molecule has 0 fully saturated rings. The second kappa shape index (κ2) is 5.74. The Hall–Kier alpha value is -2.06. The van der Waals surface area contributed by atoms with Crippen molar-refractivity contribution in [3.05, 3.63) is 41.6 Å². The molecule has 0 aliphatic carbocycles. The van der Waals surface area contributed by atoms with E-state index in [1.807, 2.05) is 0 Å². The van der Waals surface area contributed by atoms with E-state index in [0.29, 0.717) is 0 Å². The molecule has 1 aromatic carbocycles. The van der Waals surface area contributed by atoms with Crippen LogP contribution in [0.5, 0.6) is 5.75 Å². The lowest BCUT2D eigenvalue weighted by atomic mass is 10.3. The Kier molecular flexibility index (Phi) is 4.19. The van der Waals surface area contributed by atoms with Crippen molar-refractivity contribution in [2.45, 2.75) is 18.4 Å². The minimum absolute atomic E-state index is 0.0739. The van der Waals surface area contributed by atoms with Gasteiger partial charge < -0.3 is 14.3 Å². The van der Waals surface area contributed by atoms with E-state index in [4.69, 9.17) is 14.3 Å². The van der Waals surface area contributed by atoms with Gasteiger partial charge in [-0.3, -0.25) is 4.72 Å². The van der Waals surface area contributed by atoms with Gasteiger partial charge in [-0.2, -0.15) is 0 Å². The number of nitrogens with one attached hydrogen (secondary N) is 1. The molecule has 0 saturated carbocycles. The second-order valence-corrected chi connectivity index (χ2v) is 5.90. The van der Waals surface area contributed by atoms with Gasteiger partial charge in [-0.05, 0) is 19.1 Å². The molecule has 0 bridgehead atoms. The molecule has 2 rings (SSSR count). The fourth-order valence-electron chi connectivity index (χ4n) is 1.80. The molecule has 0 amide bonds. The first-order valence-corrected chi connectivity index (χ1v) is 7.42. The summed E-state index contributed by atoms with van der Waals surface area (Å²) < 4.78 is 50.0. The number of methoxy groups -OCH3 is 1. The Bertz CT molecular complexity index is 754. The van der Waals surface area contributed by atoms with E-state index in [1.165, 1.54) is 32.2 Å². The number of furan rings is 1. The van der Waals surface area contributed by atoms with Crippen LogP contribution in [0.25, 0.3) is 0 Å². The summed E-state index contributed by atoms with van der Waals surface area (Å²) in [6.45, 7) is 1.07. The molecule has 114 valence electrons. The maximum atomic E-state index is 13.3. The molecule has 0 unspecified atom stereocenters. The van der Waals surface area contributed by atoms with E-state index >= 15 is 0 Å². The molecule has 21 heavy (non-hydrogen) atoms. The molecule has 0 saturated heterocycles. The molecule has 0 aliphatic heterocycles. The number of ether oxygens (including phenoxy) is 1. The van der Waals surface area contributed by atoms with Crippen molar-refractivity contribution < 1.29 is 27.1 Å². The van der Waals surface area contributed by atoms with Crippen molar-refractivity contribution in [2.75, 3.05) is 11.8 Å². The van der Waals surface area contributed by atoms with E-state index in [9.17, 15) is 12.8 Å². The van der Waals surface area contributed by atoms with Crippen LogP contribution in [0.1, 0.15) is 11.5 Å². The summed E-state index contributed by atoms with van der Waals surface area (Å²) in [4.78, 5) is -0.0881. The Morgan fingerprint density at radius 3 is 2.67 bits per heavy atom. The summed E-state index contributed by atoms with van der Waals surface area (Å²) in [6.07, 6.45) is 0. The largest absolute Gasteiger partial charge is 0.494 e. The third-order valence-corrected chi connectivity index (χ3v) is 4.26. The Morgan fingerprint density at radius 1 is 1.38 bits per heavy atom. The first kappa shape index (κ1) is 15.3. The van der Waals surface area contributed by atoms with Crippen LogP contribution >= 0.6 is 0 Å². The highest BCUT2D eigenvalue weighted by atomic mass is 32.2. The number of rotatable bonds is 5. The monoisotopic (exact) mass is 315 g/mol. The van der Waals surface area contributed by atoms with Gasteiger partial charge in [0.25, 0.3) is 10.0 Å². The van der Waals surface area contributed by atoms with Crippen molar-refractivity contribution in [3.8, 4) is 5.75 Å².